The summed E-state index contributed by atoms with van der Waals surface area (Å²) in [5.74, 6) is 6.07. The maximum absolute atomic E-state index is 5.29. The number of aromatic nitrogens is 2. The first-order valence-electron chi connectivity index (χ1n) is 6.00. The number of hydrogen-bond acceptors (Lipinski definition) is 6. The maximum Gasteiger partial charge on any atom is 0.219 e. The molecule has 0 aliphatic carbocycles. The smallest absolute Gasteiger partial charge is 0.219 e. The van der Waals surface area contributed by atoms with Crippen molar-refractivity contribution in [2.75, 3.05) is 18.5 Å². The van der Waals surface area contributed by atoms with E-state index in [1.54, 1.807) is 0 Å². The molecule has 2 rings (SSSR count). The third-order valence-electron chi connectivity index (χ3n) is 3.45. The van der Waals surface area contributed by atoms with Gasteiger partial charge < -0.3 is 0 Å². The molecule has 0 radical (unpaired) electrons. The van der Waals surface area contributed by atoms with E-state index in [-0.39, 0.29) is 0 Å². The lowest BCUT2D eigenvalue weighted by molar-refractivity contribution is 0.226. The molecular formula is C11H21N5S. The summed E-state index contributed by atoms with van der Waals surface area (Å²) in [5, 5.41) is 9.79. The summed E-state index contributed by atoms with van der Waals surface area (Å²) in [4.78, 5) is 2.46. The van der Waals surface area contributed by atoms with Crippen molar-refractivity contribution < 1.29 is 0 Å². The van der Waals surface area contributed by atoms with Gasteiger partial charge in [0, 0.05) is 6.54 Å². The molecule has 0 saturated carbocycles. The highest BCUT2D eigenvalue weighted by Gasteiger charge is 2.31. The van der Waals surface area contributed by atoms with Crippen LogP contribution in [-0.4, -0.2) is 28.2 Å². The summed E-state index contributed by atoms with van der Waals surface area (Å²) in [6.45, 7) is 10.2. The van der Waals surface area contributed by atoms with E-state index in [0.29, 0.717) is 10.5 Å². The predicted octanol–water partition coefficient (Wildman–Crippen LogP) is 1.69. The molecule has 0 aromatic carbocycles. The number of nitrogens with zero attached hydrogens (tertiary/aromatic N) is 3. The van der Waals surface area contributed by atoms with Crippen molar-refractivity contribution in [3.05, 3.63) is 5.01 Å². The number of hydrogen-bond donors (Lipinski definition) is 2. The van der Waals surface area contributed by atoms with Crippen LogP contribution in [0.2, 0.25) is 0 Å². The van der Waals surface area contributed by atoms with Crippen molar-refractivity contribution in [3.8, 4) is 0 Å². The van der Waals surface area contributed by atoms with Gasteiger partial charge in [0.15, 0.2) is 0 Å². The second-order valence-corrected chi connectivity index (χ2v) is 6.79. The van der Waals surface area contributed by atoms with Crippen molar-refractivity contribution in [2.45, 2.75) is 33.7 Å². The normalized spacial score (nSPS) is 22.0. The van der Waals surface area contributed by atoms with Gasteiger partial charge in [-0.3, -0.25) is 10.3 Å². The van der Waals surface area contributed by atoms with Gasteiger partial charge in [-0.25, -0.2) is 5.84 Å². The fourth-order valence-corrected chi connectivity index (χ4v) is 2.94. The second kappa shape index (κ2) is 4.88. The molecule has 1 saturated heterocycles. The van der Waals surface area contributed by atoms with Crippen LogP contribution in [-0.2, 0) is 6.54 Å². The van der Waals surface area contributed by atoms with Crippen molar-refractivity contribution in [2.24, 2.45) is 17.2 Å². The quantitative estimate of drug-likeness (QED) is 0.635. The zero-order valence-corrected chi connectivity index (χ0v) is 11.5. The third kappa shape index (κ3) is 3.14. The summed E-state index contributed by atoms with van der Waals surface area (Å²) in [7, 11) is 0. The maximum atomic E-state index is 5.29. The first kappa shape index (κ1) is 12.7. The Bertz CT molecular complexity index is 370. The number of nitrogen functional groups attached to an aromatic ring is 1. The number of likely N-dealkylation sites (tertiary alicyclic amines) is 1. The van der Waals surface area contributed by atoms with Gasteiger partial charge in [-0.2, -0.15) is 0 Å². The topological polar surface area (TPSA) is 67.1 Å². The zero-order valence-electron chi connectivity index (χ0n) is 10.7. The minimum Gasteiger partial charge on any atom is -0.298 e. The van der Waals surface area contributed by atoms with E-state index >= 15 is 0 Å². The number of nitrogens with two attached hydrogens (primary N) is 1. The molecule has 0 amide bonds. The van der Waals surface area contributed by atoms with Gasteiger partial charge in [0.1, 0.15) is 5.01 Å². The van der Waals surface area contributed by atoms with E-state index in [2.05, 4.69) is 41.3 Å². The highest BCUT2D eigenvalue weighted by molar-refractivity contribution is 7.15. The zero-order chi connectivity index (χ0) is 12.5. The lowest BCUT2D eigenvalue weighted by Crippen LogP contribution is -2.25. The average molecular weight is 255 g/mol. The molecule has 3 N–H and O–H groups in total. The van der Waals surface area contributed by atoms with Crippen LogP contribution in [0.3, 0.4) is 0 Å². The van der Waals surface area contributed by atoms with Gasteiger partial charge >= 0.3 is 0 Å². The molecule has 1 atom stereocenters. The molecule has 1 aliphatic rings. The summed E-state index contributed by atoms with van der Waals surface area (Å²) >= 11 is 1.53. The first-order chi connectivity index (χ1) is 7.99. The van der Waals surface area contributed by atoms with E-state index in [0.717, 1.165) is 30.6 Å². The summed E-state index contributed by atoms with van der Waals surface area (Å²) in [6, 6.07) is 0. The number of nitrogens with one attached hydrogen (secondary N) is 1. The predicted molar refractivity (Wildman–Crippen MR) is 70.6 cm³/mol. The van der Waals surface area contributed by atoms with Crippen molar-refractivity contribution in [3.63, 3.8) is 0 Å². The molecule has 0 bridgehead atoms. The lowest BCUT2D eigenvalue weighted by atomic mass is 9.80. The minimum atomic E-state index is 0.403. The second-order valence-electron chi connectivity index (χ2n) is 5.73. The first-order valence-corrected chi connectivity index (χ1v) is 6.82. The average Bonchev–Trinajstić information content (AvgIpc) is 2.86. The Morgan fingerprint density at radius 2 is 2.24 bits per heavy atom. The molecule has 6 heteroatoms. The molecule has 1 aromatic heterocycles. The monoisotopic (exact) mass is 255 g/mol. The summed E-state index contributed by atoms with van der Waals surface area (Å²) in [5.41, 5.74) is 2.93. The fraction of sp³-hybridized carbons (Fsp3) is 0.818. The molecule has 0 spiro atoms. The van der Waals surface area contributed by atoms with E-state index < -0.39 is 0 Å². The van der Waals surface area contributed by atoms with E-state index in [4.69, 9.17) is 5.84 Å². The van der Waals surface area contributed by atoms with Crippen LogP contribution in [0.1, 0.15) is 32.2 Å². The molecular weight excluding hydrogens is 234 g/mol. The Balaban J connectivity index is 1.89. The number of anilines is 1. The molecule has 96 valence electrons. The van der Waals surface area contributed by atoms with Gasteiger partial charge in [0.2, 0.25) is 5.13 Å². The summed E-state index contributed by atoms with van der Waals surface area (Å²) in [6.07, 6.45) is 1.28. The van der Waals surface area contributed by atoms with E-state index in [1.807, 2.05) is 0 Å². The van der Waals surface area contributed by atoms with Crippen LogP contribution in [0.25, 0.3) is 0 Å². The highest BCUT2D eigenvalue weighted by atomic mass is 32.1. The van der Waals surface area contributed by atoms with E-state index in [1.165, 1.54) is 17.8 Å². The Morgan fingerprint density at radius 3 is 2.76 bits per heavy atom. The largest absolute Gasteiger partial charge is 0.298 e. The number of hydrazine groups is 1. The lowest BCUT2D eigenvalue weighted by Gasteiger charge is -2.26. The van der Waals surface area contributed by atoms with Crippen LogP contribution >= 0.6 is 11.3 Å². The Kier molecular flexibility index (Phi) is 3.65. The van der Waals surface area contributed by atoms with Gasteiger partial charge in [-0.1, -0.05) is 32.1 Å². The van der Waals surface area contributed by atoms with Crippen molar-refractivity contribution in [1.82, 2.24) is 15.1 Å². The van der Waals surface area contributed by atoms with Gasteiger partial charge in [-0.05, 0) is 24.3 Å². The molecule has 2 heterocycles. The molecule has 1 fully saturated rings. The number of rotatable bonds is 3. The van der Waals surface area contributed by atoms with E-state index in [9.17, 15) is 0 Å². The standard InChI is InChI=1S/C11H21N5S/c1-11(2,3)8-4-5-16(6-8)7-9-14-15-10(13-12)17-9/h8H,4-7,12H2,1-3H3,(H,13,15). The Labute approximate surface area is 106 Å². The molecule has 1 unspecified atom stereocenters. The Morgan fingerprint density at radius 1 is 1.47 bits per heavy atom. The van der Waals surface area contributed by atoms with Crippen LogP contribution in [0.4, 0.5) is 5.13 Å². The third-order valence-corrected chi connectivity index (χ3v) is 4.29. The molecule has 1 aliphatic heterocycles. The van der Waals surface area contributed by atoms with Crippen molar-refractivity contribution >= 4 is 16.5 Å². The molecule has 1 aromatic rings. The van der Waals surface area contributed by atoms with Crippen LogP contribution in [0.5, 0.6) is 0 Å². The van der Waals surface area contributed by atoms with Crippen LogP contribution < -0.4 is 11.3 Å². The van der Waals surface area contributed by atoms with Crippen molar-refractivity contribution in [1.29, 1.82) is 0 Å². The van der Waals surface area contributed by atoms with Gasteiger partial charge in [0.05, 0.1) is 6.54 Å². The minimum absolute atomic E-state index is 0.403. The fourth-order valence-electron chi connectivity index (χ4n) is 2.25. The SMILES string of the molecule is CC(C)(C)C1CCN(Cc2nnc(NN)s2)C1. The molecule has 17 heavy (non-hydrogen) atoms. The van der Waals surface area contributed by atoms with Crippen LogP contribution in [0.15, 0.2) is 0 Å². The molecule has 5 nitrogen and oxygen atoms in total. The van der Waals surface area contributed by atoms with Gasteiger partial charge in [-0.15, -0.1) is 10.2 Å². The van der Waals surface area contributed by atoms with Gasteiger partial charge in [0.25, 0.3) is 0 Å². The Hall–Kier alpha value is -0.720. The van der Waals surface area contributed by atoms with Crippen LogP contribution in [0, 0.1) is 11.3 Å². The summed E-state index contributed by atoms with van der Waals surface area (Å²) < 4.78 is 0. The highest BCUT2D eigenvalue weighted by Crippen LogP contribution is 2.34.